The summed E-state index contributed by atoms with van der Waals surface area (Å²) in [6.45, 7) is -0.699. The standard InChI is InChI=1S/C12H11F3N6O/c13-12(14,15)10(22)5-21-9-1-8(11-7(16)4-18-20-11)17-2-6(9)3-19-21/h1-4,10,22H,5,16H2,(H,18,20)/t10-/m0/s1. The van der Waals surface area contributed by atoms with E-state index in [-0.39, 0.29) is 0 Å². The molecule has 0 fully saturated rings. The van der Waals surface area contributed by atoms with Crippen LogP contribution in [0.3, 0.4) is 0 Å². The number of anilines is 1. The summed E-state index contributed by atoms with van der Waals surface area (Å²) in [7, 11) is 0. The number of hydrogen-bond acceptors (Lipinski definition) is 5. The highest BCUT2D eigenvalue weighted by Gasteiger charge is 2.38. The van der Waals surface area contributed by atoms with Crippen LogP contribution in [0.25, 0.3) is 22.3 Å². The molecule has 0 aliphatic carbocycles. The number of nitrogens with one attached hydrogen (secondary N) is 1. The molecule has 0 amide bonds. The number of hydrogen-bond donors (Lipinski definition) is 3. The Balaban J connectivity index is 2.01. The molecule has 0 radical (unpaired) electrons. The lowest BCUT2D eigenvalue weighted by Crippen LogP contribution is -2.33. The van der Waals surface area contributed by atoms with Gasteiger partial charge in [-0.05, 0) is 6.07 Å². The quantitative estimate of drug-likeness (QED) is 0.676. The van der Waals surface area contributed by atoms with Crippen LogP contribution in [-0.4, -0.2) is 42.3 Å². The van der Waals surface area contributed by atoms with E-state index >= 15 is 0 Å². The minimum absolute atomic E-state index is 0.369. The second-order valence-electron chi connectivity index (χ2n) is 4.71. The highest BCUT2D eigenvalue weighted by Crippen LogP contribution is 2.26. The predicted octanol–water partition coefficient (Wildman–Crippen LogP) is 1.33. The van der Waals surface area contributed by atoms with Crippen LogP contribution in [0.15, 0.2) is 24.7 Å². The average Bonchev–Trinajstić information content (AvgIpc) is 3.04. The minimum Gasteiger partial charge on any atom is -0.396 e. The van der Waals surface area contributed by atoms with Gasteiger partial charge in [0.05, 0.1) is 35.8 Å². The number of aromatic amines is 1. The zero-order chi connectivity index (χ0) is 15.9. The van der Waals surface area contributed by atoms with Crippen LogP contribution >= 0.6 is 0 Å². The maximum Gasteiger partial charge on any atom is 0.416 e. The average molecular weight is 312 g/mol. The summed E-state index contributed by atoms with van der Waals surface area (Å²) in [4.78, 5) is 4.16. The molecule has 10 heteroatoms. The summed E-state index contributed by atoms with van der Waals surface area (Å²) in [5.74, 6) is 0. The van der Waals surface area contributed by atoms with Gasteiger partial charge in [0.1, 0.15) is 5.69 Å². The maximum absolute atomic E-state index is 12.5. The van der Waals surface area contributed by atoms with Gasteiger partial charge in [0.25, 0.3) is 0 Å². The van der Waals surface area contributed by atoms with Gasteiger partial charge in [0.15, 0.2) is 6.10 Å². The Bertz CT molecular complexity index is 809. The molecule has 0 spiro atoms. The van der Waals surface area contributed by atoms with Crippen LogP contribution in [0.4, 0.5) is 18.9 Å². The van der Waals surface area contributed by atoms with E-state index in [2.05, 4.69) is 20.3 Å². The SMILES string of the molecule is Nc1cn[nH]c1-c1cc2c(cn1)cnn2C[C@H](O)C(F)(F)F. The first kappa shape index (κ1) is 14.3. The third kappa shape index (κ3) is 2.48. The summed E-state index contributed by atoms with van der Waals surface area (Å²) >= 11 is 0. The van der Waals surface area contributed by atoms with Gasteiger partial charge in [0.2, 0.25) is 0 Å². The zero-order valence-electron chi connectivity index (χ0n) is 11.0. The number of nitrogens with two attached hydrogens (primary N) is 1. The van der Waals surface area contributed by atoms with Gasteiger partial charge in [-0.2, -0.15) is 23.4 Å². The van der Waals surface area contributed by atoms with E-state index in [1.54, 1.807) is 0 Å². The fourth-order valence-corrected chi connectivity index (χ4v) is 2.02. The number of nitrogen functional groups attached to an aromatic ring is 1. The first-order chi connectivity index (χ1) is 10.4. The molecular formula is C12H11F3N6O. The number of aliphatic hydroxyl groups excluding tert-OH is 1. The molecule has 0 saturated carbocycles. The van der Waals surface area contributed by atoms with Crippen molar-refractivity contribution in [2.45, 2.75) is 18.8 Å². The summed E-state index contributed by atoms with van der Waals surface area (Å²) in [6.07, 6.45) is -2.95. The van der Waals surface area contributed by atoms with E-state index in [0.717, 1.165) is 4.68 Å². The van der Waals surface area contributed by atoms with Gasteiger partial charge < -0.3 is 10.8 Å². The van der Waals surface area contributed by atoms with E-state index < -0.39 is 18.8 Å². The molecule has 0 aliphatic heterocycles. The Morgan fingerprint density at radius 1 is 1.32 bits per heavy atom. The molecule has 3 aromatic rings. The van der Waals surface area contributed by atoms with E-state index in [1.165, 1.54) is 24.7 Å². The van der Waals surface area contributed by atoms with Crippen molar-refractivity contribution in [3.63, 3.8) is 0 Å². The first-order valence-corrected chi connectivity index (χ1v) is 6.22. The number of pyridine rings is 1. The number of aromatic nitrogens is 5. The largest absolute Gasteiger partial charge is 0.416 e. The summed E-state index contributed by atoms with van der Waals surface area (Å²) in [5.41, 5.74) is 7.38. The molecule has 0 bridgehead atoms. The minimum atomic E-state index is -4.71. The van der Waals surface area contributed by atoms with Crippen molar-refractivity contribution in [3.8, 4) is 11.4 Å². The number of rotatable bonds is 3. The van der Waals surface area contributed by atoms with E-state index in [0.29, 0.717) is 28.0 Å². The van der Waals surface area contributed by atoms with Crippen LogP contribution in [-0.2, 0) is 6.54 Å². The van der Waals surface area contributed by atoms with Crippen LogP contribution < -0.4 is 5.73 Å². The van der Waals surface area contributed by atoms with Gasteiger partial charge in [-0.1, -0.05) is 0 Å². The normalized spacial score (nSPS) is 13.6. The number of alkyl halides is 3. The van der Waals surface area contributed by atoms with Crippen LogP contribution in [0.1, 0.15) is 0 Å². The lowest BCUT2D eigenvalue weighted by Gasteiger charge is -2.14. The Kier molecular flexibility index (Phi) is 3.24. The first-order valence-electron chi connectivity index (χ1n) is 6.22. The van der Waals surface area contributed by atoms with Crippen molar-refractivity contribution in [2.24, 2.45) is 0 Å². The highest BCUT2D eigenvalue weighted by molar-refractivity contribution is 5.83. The number of fused-ring (bicyclic) bond motifs is 1. The third-order valence-corrected chi connectivity index (χ3v) is 3.17. The van der Waals surface area contributed by atoms with Crippen molar-refractivity contribution in [1.82, 2.24) is 25.0 Å². The van der Waals surface area contributed by atoms with E-state index in [9.17, 15) is 18.3 Å². The lowest BCUT2D eigenvalue weighted by atomic mass is 10.2. The topological polar surface area (TPSA) is 106 Å². The van der Waals surface area contributed by atoms with Gasteiger partial charge in [-0.15, -0.1) is 0 Å². The number of halogens is 3. The molecule has 0 saturated heterocycles. The Labute approximate surface area is 121 Å². The van der Waals surface area contributed by atoms with Crippen LogP contribution in [0.5, 0.6) is 0 Å². The lowest BCUT2D eigenvalue weighted by molar-refractivity contribution is -0.207. The molecule has 3 rings (SSSR count). The van der Waals surface area contributed by atoms with Crippen molar-refractivity contribution in [2.75, 3.05) is 5.73 Å². The van der Waals surface area contributed by atoms with Crippen molar-refractivity contribution in [3.05, 3.63) is 24.7 Å². The Hall–Kier alpha value is -2.62. The number of nitrogens with zero attached hydrogens (tertiary/aromatic N) is 4. The van der Waals surface area contributed by atoms with E-state index in [1.807, 2.05) is 0 Å². The monoisotopic (exact) mass is 312 g/mol. The maximum atomic E-state index is 12.5. The van der Waals surface area contributed by atoms with Crippen LogP contribution in [0, 0.1) is 0 Å². The Morgan fingerprint density at radius 2 is 2.09 bits per heavy atom. The number of aliphatic hydroxyl groups is 1. The molecule has 1 atom stereocenters. The van der Waals surface area contributed by atoms with Gasteiger partial charge in [-0.25, -0.2) is 0 Å². The Morgan fingerprint density at radius 3 is 2.73 bits per heavy atom. The second-order valence-corrected chi connectivity index (χ2v) is 4.71. The van der Waals surface area contributed by atoms with Crippen molar-refractivity contribution in [1.29, 1.82) is 0 Å². The van der Waals surface area contributed by atoms with Gasteiger partial charge in [0, 0.05) is 11.6 Å². The predicted molar refractivity (Wildman–Crippen MR) is 71.6 cm³/mol. The summed E-state index contributed by atoms with van der Waals surface area (Å²) < 4.78 is 38.5. The van der Waals surface area contributed by atoms with Crippen LogP contribution in [0.2, 0.25) is 0 Å². The molecule has 3 heterocycles. The third-order valence-electron chi connectivity index (χ3n) is 3.17. The fraction of sp³-hybridized carbons (Fsp3) is 0.250. The van der Waals surface area contributed by atoms with E-state index in [4.69, 9.17) is 5.73 Å². The molecule has 0 aliphatic rings. The zero-order valence-corrected chi connectivity index (χ0v) is 11.0. The number of H-pyrrole nitrogens is 1. The molecule has 3 aromatic heterocycles. The fourth-order valence-electron chi connectivity index (χ4n) is 2.02. The highest BCUT2D eigenvalue weighted by atomic mass is 19.4. The summed E-state index contributed by atoms with van der Waals surface area (Å²) in [5, 5.41) is 20.0. The molecule has 7 nitrogen and oxygen atoms in total. The van der Waals surface area contributed by atoms with Crippen molar-refractivity contribution < 1.29 is 18.3 Å². The molecule has 116 valence electrons. The second kappa shape index (κ2) is 4.98. The van der Waals surface area contributed by atoms with Gasteiger partial charge in [-0.3, -0.25) is 14.8 Å². The molecule has 4 N–H and O–H groups in total. The van der Waals surface area contributed by atoms with Crippen molar-refractivity contribution >= 4 is 16.6 Å². The molecule has 0 aromatic carbocycles. The van der Waals surface area contributed by atoms with Gasteiger partial charge >= 0.3 is 6.18 Å². The molecule has 0 unspecified atom stereocenters. The molecular weight excluding hydrogens is 301 g/mol. The molecule has 22 heavy (non-hydrogen) atoms. The smallest absolute Gasteiger partial charge is 0.396 e. The summed E-state index contributed by atoms with van der Waals surface area (Å²) in [6, 6.07) is 1.54.